The van der Waals surface area contributed by atoms with Gasteiger partial charge in [0.15, 0.2) is 0 Å². The van der Waals surface area contributed by atoms with Gasteiger partial charge in [0.1, 0.15) is 5.52 Å². The third kappa shape index (κ3) is 3.78. The molecular weight excluding hydrogens is 302 g/mol. The van der Waals surface area contributed by atoms with Gasteiger partial charge in [0.2, 0.25) is 0 Å². The number of hydrogen-bond donors (Lipinski definition) is 0. The summed E-state index contributed by atoms with van der Waals surface area (Å²) in [6.07, 6.45) is 7.86. The monoisotopic (exact) mass is 323 g/mol. The van der Waals surface area contributed by atoms with E-state index in [1.165, 1.54) is 44.1 Å². The molecule has 4 heteroatoms. The van der Waals surface area contributed by atoms with Crippen LogP contribution in [0.25, 0.3) is 11.0 Å². The lowest BCUT2D eigenvalue weighted by Crippen LogP contribution is -2.00. The van der Waals surface area contributed by atoms with Crippen molar-refractivity contribution in [1.82, 2.24) is 15.0 Å². The Labute approximate surface area is 123 Å². The molecule has 0 saturated heterocycles. The second-order valence-corrected chi connectivity index (χ2v) is 5.56. The highest BCUT2D eigenvalue weighted by atomic mass is 79.9. The van der Waals surface area contributed by atoms with Gasteiger partial charge in [-0.05, 0) is 18.1 Å². The van der Waals surface area contributed by atoms with Crippen LogP contribution in [0.3, 0.4) is 0 Å². The molecule has 0 aliphatic rings. The number of rotatable bonds is 8. The topological polar surface area (TPSA) is 30.7 Å². The van der Waals surface area contributed by atoms with Crippen LogP contribution >= 0.6 is 15.9 Å². The maximum absolute atomic E-state index is 4.30. The molecule has 1 aromatic heterocycles. The third-order valence-corrected chi connectivity index (χ3v) is 4.10. The number of halogens is 1. The van der Waals surface area contributed by atoms with E-state index in [2.05, 4.69) is 51.4 Å². The van der Waals surface area contributed by atoms with E-state index in [0.29, 0.717) is 0 Å². The number of alkyl halides is 1. The Morgan fingerprint density at radius 1 is 1.11 bits per heavy atom. The molecule has 0 aliphatic carbocycles. The maximum Gasteiger partial charge on any atom is 0.117 e. The number of nitrogens with zero attached hydrogens (tertiary/aromatic N) is 3. The molecule has 0 bridgehead atoms. The molecule has 0 N–H and O–H groups in total. The van der Waals surface area contributed by atoms with Gasteiger partial charge in [-0.1, -0.05) is 72.3 Å². The first-order chi connectivity index (χ1) is 9.36. The zero-order valence-electron chi connectivity index (χ0n) is 11.6. The Morgan fingerprint density at radius 3 is 2.68 bits per heavy atom. The van der Waals surface area contributed by atoms with Crippen molar-refractivity contribution < 1.29 is 0 Å². The first-order valence-corrected chi connectivity index (χ1v) is 8.36. The molecule has 0 amide bonds. The lowest BCUT2D eigenvalue weighted by atomic mass is 10.1. The van der Waals surface area contributed by atoms with Crippen LogP contribution in [0.1, 0.15) is 51.0 Å². The fourth-order valence-corrected chi connectivity index (χ4v) is 2.82. The van der Waals surface area contributed by atoms with E-state index >= 15 is 0 Å². The van der Waals surface area contributed by atoms with E-state index in [4.69, 9.17) is 0 Å². The smallest absolute Gasteiger partial charge is 0.117 e. The fraction of sp³-hybridized carbons (Fsp3) is 0.600. The summed E-state index contributed by atoms with van der Waals surface area (Å²) < 4.78 is 2.04. The number of hydrogen-bond acceptors (Lipinski definition) is 2. The molecule has 1 aromatic carbocycles. The van der Waals surface area contributed by atoms with Crippen molar-refractivity contribution in [1.29, 1.82) is 0 Å². The van der Waals surface area contributed by atoms with Crippen molar-refractivity contribution in [3.05, 3.63) is 23.8 Å². The SMILES string of the molecule is CCCCCCCCn1nnc2c(CBr)cccc21. The van der Waals surface area contributed by atoms with Crippen LogP contribution in [0.2, 0.25) is 0 Å². The summed E-state index contributed by atoms with van der Waals surface area (Å²) in [5, 5.41) is 9.42. The Kier molecular flexibility index (Phi) is 5.83. The Bertz CT molecular complexity index is 507. The minimum atomic E-state index is 0.833. The number of benzene rings is 1. The number of aromatic nitrogens is 3. The van der Waals surface area contributed by atoms with Gasteiger partial charge in [0.25, 0.3) is 0 Å². The molecule has 0 spiro atoms. The van der Waals surface area contributed by atoms with Crippen LogP contribution in [0.5, 0.6) is 0 Å². The fourth-order valence-electron chi connectivity index (χ4n) is 2.36. The average molecular weight is 324 g/mol. The van der Waals surface area contributed by atoms with Gasteiger partial charge in [0, 0.05) is 11.9 Å². The number of aryl methyl sites for hydroxylation is 1. The molecule has 2 rings (SSSR count). The first kappa shape index (κ1) is 14.5. The zero-order valence-corrected chi connectivity index (χ0v) is 13.2. The quantitative estimate of drug-likeness (QED) is 0.521. The first-order valence-electron chi connectivity index (χ1n) is 7.24. The molecule has 0 atom stereocenters. The minimum Gasteiger partial charge on any atom is -0.245 e. The van der Waals surface area contributed by atoms with Gasteiger partial charge < -0.3 is 0 Å². The van der Waals surface area contributed by atoms with Gasteiger partial charge in [-0.3, -0.25) is 0 Å². The lowest BCUT2D eigenvalue weighted by Gasteiger charge is -2.03. The summed E-state index contributed by atoms with van der Waals surface area (Å²) in [6.45, 7) is 3.23. The Hall–Kier alpha value is -0.900. The van der Waals surface area contributed by atoms with E-state index < -0.39 is 0 Å². The van der Waals surface area contributed by atoms with Crippen molar-refractivity contribution >= 4 is 27.0 Å². The highest BCUT2D eigenvalue weighted by molar-refractivity contribution is 9.08. The Morgan fingerprint density at radius 2 is 1.89 bits per heavy atom. The second-order valence-electron chi connectivity index (χ2n) is 5.00. The minimum absolute atomic E-state index is 0.833. The zero-order chi connectivity index (χ0) is 13.5. The van der Waals surface area contributed by atoms with Crippen LogP contribution in [0, 0.1) is 0 Å². The summed E-state index contributed by atoms with van der Waals surface area (Å²) >= 11 is 3.50. The van der Waals surface area contributed by atoms with Crippen molar-refractivity contribution in [2.75, 3.05) is 0 Å². The van der Waals surface area contributed by atoms with E-state index in [9.17, 15) is 0 Å². The van der Waals surface area contributed by atoms with Gasteiger partial charge >= 0.3 is 0 Å². The van der Waals surface area contributed by atoms with E-state index in [1.807, 2.05) is 4.68 Å². The predicted octanol–water partition coefficient (Wildman–Crippen LogP) is 4.69. The summed E-state index contributed by atoms with van der Waals surface area (Å²) in [5.41, 5.74) is 3.41. The molecule has 0 aliphatic heterocycles. The standard InChI is InChI=1S/C15H22BrN3/c1-2-3-4-5-6-7-11-19-14-10-8-9-13(12-16)15(14)17-18-19/h8-10H,2-7,11-12H2,1H3. The van der Waals surface area contributed by atoms with Gasteiger partial charge in [-0.2, -0.15) is 0 Å². The predicted molar refractivity (Wildman–Crippen MR) is 83.5 cm³/mol. The average Bonchev–Trinajstić information content (AvgIpc) is 2.86. The lowest BCUT2D eigenvalue weighted by molar-refractivity contribution is 0.526. The van der Waals surface area contributed by atoms with Crippen LogP contribution in [0.4, 0.5) is 0 Å². The molecular formula is C15H22BrN3. The van der Waals surface area contributed by atoms with Crippen LogP contribution in [-0.4, -0.2) is 15.0 Å². The highest BCUT2D eigenvalue weighted by Gasteiger charge is 2.07. The van der Waals surface area contributed by atoms with E-state index in [-0.39, 0.29) is 0 Å². The number of fused-ring (bicyclic) bond motifs is 1. The van der Waals surface area contributed by atoms with Gasteiger partial charge in [-0.25, -0.2) is 4.68 Å². The highest BCUT2D eigenvalue weighted by Crippen LogP contribution is 2.19. The summed E-state index contributed by atoms with van der Waals surface area (Å²) in [6, 6.07) is 6.29. The summed E-state index contributed by atoms with van der Waals surface area (Å²) in [7, 11) is 0. The molecule has 0 radical (unpaired) electrons. The molecule has 0 unspecified atom stereocenters. The molecule has 0 saturated carbocycles. The van der Waals surface area contributed by atoms with Gasteiger partial charge in [0.05, 0.1) is 5.52 Å². The second kappa shape index (κ2) is 7.63. The van der Waals surface area contributed by atoms with Crippen LogP contribution in [0.15, 0.2) is 18.2 Å². The summed E-state index contributed by atoms with van der Waals surface area (Å²) in [4.78, 5) is 0. The van der Waals surface area contributed by atoms with E-state index in [0.717, 1.165) is 22.9 Å². The largest absolute Gasteiger partial charge is 0.245 e. The van der Waals surface area contributed by atoms with Crippen LogP contribution < -0.4 is 0 Å². The van der Waals surface area contributed by atoms with E-state index in [1.54, 1.807) is 0 Å². The van der Waals surface area contributed by atoms with Gasteiger partial charge in [-0.15, -0.1) is 5.10 Å². The molecule has 2 aromatic rings. The molecule has 3 nitrogen and oxygen atoms in total. The van der Waals surface area contributed by atoms with Crippen molar-refractivity contribution in [2.45, 2.75) is 57.3 Å². The Balaban J connectivity index is 1.91. The van der Waals surface area contributed by atoms with Crippen molar-refractivity contribution in [3.8, 4) is 0 Å². The van der Waals surface area contributed by atoms with Crippen molar-refractivity contribution in [2.24, 2.45) is 0 Å². The maximum atomic E-state index is 4.30. The molecule has 19 heavy (non-hydrogen) atoms. The summed E-state index contributed by atoms with van der Waals surface area (Å²) in [5.74, 6) is 0. The molecule has 1 heterocycles. The molecule has 0 fully saturated rings. The third-order valence-electron chi connectivity index (χ3n) is 3.50. The van der Waals surface area contributed by atoms with Crippen LogP contribution in [-0.2, 0) is 11.9 Å². The van der Waals surface area contributed by atoms with Crippen molar-refractivity contribution in [3.63, 3.8) is 0 Å². The number of unbranched alkanes of at least 4 members (excludes halogenated alkanes) is 5. The molecule has 104 valence electrons. The normalized spacial score (nSPS) is 11.3.